The van der Waals surface area contributed by atoms with E-state index in [0.29, 0.717) is 0 Å². The van der Waals surface area contributed by atoms with Gasteiger partial charge in [0.1, 0.15) is 0 Å². The number of carbonyl (C=O) groups is 1. The van der Waals surface area contributed by atoms with Crippen LogP contribution in [0.3, 0.4) is 0 Å². The highest BCUT2D eigenvalue weighted by molar-refractivity contribution is 5.97. The van der Waals surface area contributed by atoms with Gasteiger partial charge >= 0.3 is 0 Å². The molecule has 0 aliphatic heterocycles. The minimum absolute atomic E-state index is 0.0207. The van der Waals surface area contributed by atoms with Crippen LogP contribution in [-0.2, 0) is 0 Å². The molecule has 1 atom stereocenters. The highest BCUT2D eigenvalue weighted by Gasteiger charge is 2.14. The van der Waals surface area contributed by atoms with Gasteiger partial charge in [-0.2, -0.15) is 0 Å². The number of aliphatic hydroxyl groups is 1. The predicted octanol–water partition coefficient (Wildman–Crippen LogP) is 1.80. The van der Waals surface area contributed by atoms with E-state index < -0.39 is 0 Å². The molecule has 0 aliphatic carbocycles. The first-order chi connectivity index (χ1) is 7.60. The van der Waals surface area contributed by atoms with Crippen LogP contribution >= 0.6 is 0 Å². The second kappa shape index (κ2) is 5.66. The third-order valence-corrected chi connectivity index (χ3v) is 2.76. The van der Waals surface area contributed by atoms with Crippen molar-refractivity contribution < 1.29 is 9.90 Å². The molecule has 16 heavy (non-hydrogen) atoms. The number of aryl methyl sites for hydroxylation is 2. The number of hydrogen-bond acceptors (Lipinski definition) is 2. The Morgan fingerprint density at radius 3 is 2.38 bits per heavy atom. The summed E-state index contributed by atoms with van der Waals surface area (Å²) < 4.78 is 0. The Balaban J connectivity index is 2.88. The van der Waals surface area contributed by atoms with Crippen molar-refractivity contribution in [2.45, 2.75) is 33.2 Å². The van der Waals surface area contributed by atoms with E-state index in [1.807, 2.05) is 39.0 Å². The first-order valence-corrected chi connectivity index (χ1v) is 5.58. The molecule has 0 spiro atoms. The molecule has 1 rings (SSSR count). The maximum Gasteiger partial charge on any atom is 0.252 e. The van der Waals surface area contributed by atoms with Gasteiger partial charge in [0.25, 0.3) is 5.91 Å². The van der Waals surface area contributed by atoms with Crippen molar-refractivity contribution in [3.05, 3.63) is 34.9 Å². The number of amides is 1. The second-order valence-electron chi connectivity index (χ2n) is 4.03. The van der Waals surface area contributed by atoms with E-state index in [1.54, 1.807) is 0 Å². The Hall–Kier alpha value is -1.35. The number of nitrogens with one attached hydrogen (secondary N) is 1. The summed E-state index contributed by atoms with van der Waals surface area (Å²) in [6, 6.07) is 5.61. The smallest absolute Gasteiger partial charge is 0.252 e. The van der Waals surface area contributed by atoms with E-state index in [2.05, 4.69) is 5.32 Å². The second-order valence-corrected chi connectivity index (χ2v) is 4.03. The Morgan fingerprint density at radius 1 is 1.38 bits per heavy atom. The molecule has 1 aromatic rings. The summed E-state index contributed by atoms with van der Waals surface area (Å²) in [6.07, 6.45) is 0.729. The minimum atomic E-state index is -0.161. The van der Waals surface area contributed by atoms with Crippen molar-refractivity contribution in [3.63, 3.8) is 0 Å². The van der Waals surface area contributed by atoms with Gasteiger partial charge < -0.3 is 10.4 Å². The molecule has 0 aromatic heterocycles. The quantitative estimate of drug-likeness (QED) is 0.814. The Morgan fingerprint density at radius 2 is 1.94 bits per heavy atom. The topological polar surface area (TPSA) is 49.3 Å². The number of aliphatic hydroxyl groups excluding tert-OH is 1. The molecule has 0 aliphatic rings. The summed E-state index contributed by atoms with van der Waals surface area (Å²) >= 11 is 0. The average Bonchev–Trinajstić information content (AvgIpc) is 2.25. The summed E-state index contributed by atoms with van der Waals surface area (Å²) in [5.74, 6) is -0.100. The lowest BCUT2D eigenvalue weighted by atomic mass is 10.0. The van der Waals surface area contributed by atoms with Crippen LogP contribution in [0, 0.1) is 13.8 Å². The first-order valence-electron chi connectivity index (χ1n) is 5.58. The van der Waals surface area contributed by atoms with E-state index >= 15 is 0 Å². The molecular formula is C13H19NO2. The molecule has 1 aromatic carbocycles. The highest BCUT2D eigenvalue weighted by Crippen LogP contribution is 2.13. The van der Waals surface area contributed by atoms with Crippen LogP contribution in [-0.4, -0.2) is 23.7 Å². The fourth-order valence-corrected chi connectivity index (χ4v) is 1.71. The molecule has 2 N–H and O–H groups in total. The average molecular weight is 221 g/mol. The van der Waals surface area contributed by atoms with Crippen LogP contribution in [0.1, 0.15) is 34.8 Å². The van der Waals surface area contributed by atoms with Gasteiger partial charge in [0.15, 0.2) is 0 Å². The lowest BCUT2D eigenvalue weighted by Gasteiger charge is -2.16. The highest BCUT2D eigenvalue weighted by atomic mass is 16.3. The fraction of sp³-hybridized carbons (Fsp3) is 0.462. The molecule has 0 bridgehead atoms. The third kappa shape index (κ3) is 2.83. The molecule has 0 unspecified atom stereocenters. The van der Waals surface area contributed by atoms with E-state index in [-0.39, 0.29) is 18.6 Å². The molecule has 0 saturated heterocycles. The SMILES string of the molecule is CC[C@@H](CO)NC(=O)c1c(C)cccc1C. The van der Waals surface area contributed by atoms with E-state index in [4.69, 9.17) is 5.11 Å². The van der Waals surface area contributed by atoms with Gasteiger partial charge in [0.2, 0.25) is 0 Å². The minimum Gasteiger partial charge on any atom is -0.394 e. The number of rotatable bonds is 4. The fourth-order valence-electron chi connectivity index (χ4n) is 1.71. The van der Waals surface area contributed by atoms with Crippen molar-refractivity contribution in [2.75, 3.05) is 6.61 Å². The lowest BCUT2D eigenvalue weighted by Crippen LogP contribution is -2.37. The van der Waals surface area contributed by atoms with Crippen molar-refractivity contribution in [1.82, 2.24) is 5.32 Å². The molecule has 1 amide bonds. The Labute approximate surface area is 96.5 Å². The Bertz CT molecular complexity index is 350. The zero-order valence-corrected chi connectivity index (χ0v) is 10.1. The van der Waals surface area contributed by atoms with Gasteiger partial charge in [-0.15, -0.1) is 0 Å². The van der Waals surface area contributed by atoms with Crippen LogP contribution in [0.15, 0.2) is 18.2 Å². The monoisotopic (exact) mass is 221 g/mol. The third-order valence-electron chi connectivity index (χ3n) is 2.76. The maximum absolute atomic E-state index is 12.0. The molecule has 3 heteroatoms. The number of carbonyl (C=O) groups excluding carboxylic acids is 1. The molecule has 3 nitrogen and oxygen atoms in total. The molecule has 0 fully saturated rings. The van der Waals surface area contributed by atoms with Crippen molar-refractivity contribution >= 4 is 5.91 Å². The van der Waals surface area contributed by atoms with Gasteiger partial charge in [0, 0.05) is 5.56 Å². The van der Waals surface area contributed by atoms with Crippen LogP contribution < -0.4 is 5.32 Å². The lowest BCUT2D eigenvalue weighted by molar-refractivity contribution is 0.0913. The van der Waals surface area contributed by atoms with Crippen molar-refractivity contribution in [1.29, 1.82) is 0 Å². The van der Waals surface area contributed by atoms with Gasteiger partial charge in [-0.05, 0) is 31.4 Å². The number of hydrogen-bond donors (Lipinski definition) is 2. The summed E-state index contributed by atoms with van der Waals surface area (Å²) in [4.78, 5) is 12.0. The summed E-state index contributed by atoms with van der Waals surface area (Å²) in [6.45, 7) is 5.75. The zero-order chi connectivity index (χ0) is 12.1. The first kappa shape index (κ1) is 12.7. The largest absolute Gasteiger partial charge is 0.394 e. The van der Waals surface area contributed by atoms with Gasteiger partial charge in [-0.25, -0.2) is 0 Å². The molecule has 0 radical (unpaired) electrons. The standard InChI is InChI=1S/C13H19NO2/c1-4-11(8-15)14-13(16)12-9(2)6-5-7-10(12)3/h5-7,11,15H,4,8H2,1-3H3,(H,14,16)/t11-/m0/s1. The molecule has 88 valence electrons. The zero-order valence-electron chi connectivity index (χ0n) is 10.1. The van der Waals surface area contributed by atoms with Gasteiger partial charge in [0.05, 0.1) is 12.6 Å². The van der Waals surface area contributed by atoms with Crippen molar-refractivity contribution in [2.24, 2.45) is 0 Å². The van der Waals surface area contributed by atoms with E-state index in [0.717, 1.165) is 23.1 Å². The molecular weight excluding hydrogens is 202 g/mol. The van der Waals surface area contributed by atoms with E-state index in [9.17, 15) is 4.79 Å². The maximum atomic E-state index is 12.0. The van der Waals surface area contributed by atoms with Gasteiger partial charge in [-0.1, -0.05) is 25.1 Å². The van der Waals surface area contributed by atoms with Crippen LogP contribution in [0.25, 0.3) is 0 Å². The summed E-state index contributed by atoms with van der Waals surface area (Å²) in [7, 11) is 0. The van der Waals surface area contributed by atoms with Gasteiger partial charge in [-0.3, -0.25) is 4.79 Å². The number of benzene rings is 1. The predicted molar refractivity (Wildman–Crippen MR) is 64.5 cm³/mol. The van der Waals surface area contributed by atoms with Crippen LogP contribution in [0.5, 0.6) is 0 Å². The normalized spacial score (nSPS) is 12.2. The molecule has 0 heterocycles. The van der Waals surface area contributed by atoms with Crippen molar-refractivity contribution in [3.8, 4) is 0 Å². The van der Waals surface area contributed by atoms with Crippen LogP contribution in [0.4, 0.5) is 0 Å². The summed E-state index contributed by atoms with van der Waals surface area (Å²) in [5, 5.41) is 11.9. The molecule has 0 saturated carbocycles. The van der Waals surface area contributed by atoms with E-state index in [1.165, 1.54) is 0 Å². The summed E-state index contributed by atoms with van der Waals surface area (Å²) in [5.41, 5.74) is 2.64. The Kier molecular flexibility index (Phi) is 4.50. The van der Waals surface area contributed by atoms with Crippen LogP contribution in [0.2, 0.25) is 0 Å².